The number of thioether (sulfide) groups is 1. The highest BCUT2D eigenvalue weighted by atomic mass is 32.2. The van der Waals surface area contributed by atoms with Crippen LogP contribution in [0.2, 0.25) is 0 Å². The van der Waals surface area contributed by atoms with Crippen molar-refractivity contribution in [2.75, 3.05) is 20.3 Å². The number of nitrogens with zero attached hydrogens (tertiary/aromatic N) is 3. The Morgan fingerprint density at radius 2 is 1.65 bits per heavy atom. The minimum atomic E-state index is -0.459. The van der Waals surface area contributed by atoms with Crippen molar-refractivity contribution < 1.29 is 19.0 Å². The van der Waals surface area contributed by atoms with Crippen LogP contribution in [-0.4, -0.2) is 47.3 Å². The Labute approximate surface area is 218 Å². The maximum atomic E-state index is 12.7. The van der Waals surface area contributed by atoms with E-state index in [1.807, 2.05) is 79.7 Å². The second-order valence-electron chi connectivity index (χ2n) is 8.24. The van der Waals surface area contributed by atoms with E-state index in [9.17, 15) is 4.79 Å². The highest BCUT2D eigenvalue weighted by Crippen LogP contribution is 2.31. The molecule has 0 fully saturated rings. The molecule has 0 radical (unpaired) electrons. The molecule has 0 unspecified atom stereocenters. The minimum absolute atomic E-state index is 0.000343. The predicted molar refractivity (Wildman–Crippen MR) is 146 cm³/mol. The highest BCUT2D eigenvalue weighted by Gasteiger charge is 2.36. The maximum absolute atomic E-state index is 12.7. The van der Waals surface area contributed by atoms with Crippen LogP contribution in [0.5, 0.6) is 17.2 Å². The number of ether oxygens (including phenoxy) is 3. The van der Waals surface area contributed by atoms with E-state index in [-0.39, 0.29) is 11.4 Å². The smallest absolute Gasteiger partial charge is 0.283 e. The van der Waals surface area contributed by atoms with E-state index in [0.717, 1.165) is 22.4 Å². The summed E-state index contributed by atoms with van der Waals surface area (Å²) in [7, 11) is 1.61. The van der Waals surface area contributed by atoms with Crippen molar-refractivity contribution in [1.29, 1.82) is 5.41 Å². The van der Waals surface area contributed by atoms with Crippen molar-refractivity contribution in [3.05, 3.63) is 95.1 Å². The summed E-state index contributed by atoms with van der Waals surface area (Å²) in [6.07, 6.45) is 1.64. The average molecular weight is 513 g/mol. The van der Waals surface area contributed by atoms with Crippen LogP contribution in [-0.2, 0) is 4.79 Å². The number of amides is 1. The van der Waals surface area contributed by atoms with E-state index >= 15 is 0 Å². The molecule has 2 heterocycles. The van der Waals surface area contributed by atoms with Crippen molar-refractivity contribution >= 4 is 39.8 Å². The molecular formula is C28H24N4O4S. The molecule has 1 N–H and O–H groups in total. The van der Waals surface area contributed by atoms with Gasteiger partial charge in [-0.1, -0.05) is 48.0 Å². The molecule has 0 saturated heterocycles. The normalized spacial score (nSPS) is 15.8. The van der Waals surface area contributed by atoms with Gasteiger partial charge in [-0.3, -0.25) is 10.2 Å². The van der Waals surface area contributed by atoms with Gasteiger partial charge in [-0.25, -0.2) is 0 Å². The molecular weight excluding hydrogens is 488 g/mol. The standard InChI is InChI=1S/C28H24N4O4S/c1-18-6-10-20(11-7-18)27-31-32-25(29)24(26(33)30-28(32)37-27)16-19-8-12-21(13-9-19)35-14-15-36-23-5-3-4-22(17-23)34-2/h3-13,16-17,29H,14-15H2,1-2H3/b24-16-,29-25?. The molecule has 186 valence electrons. The van der Waals surface area contributed by atoms with Crippen LogP contribution in [0.15, 0.2) is 88.5 Å². The molecule has 0 atom stereocenters. The monoisotopic (exact) mass is 512 g/mol. The van der Waals surface area contributed by atoms with Gasteiger partial charge >= 0.3 is 0 Å². The topological polar surface area (TPSA) is 96.6 Å². The third kappa shape index (κ3) is 5.57. The second-order valence-corrected chi connectivity index (χ2v) is 9.19. The lowest BCUT2D eigenvalue weighted by Gasteiger charge is -2.20. The fourth-order valence-electron chi connectivity index (χ4n) is 3.64. The van der Waals surface area contributed by atoms with E-state index in [2.05, 4.69) is 10.1 Å². The molecule has 2 aliphatic rings. The molecule has 5 rings (SSSR count). The third-order valence-corrected chi connectivity index (χ3v) is 6.56. The number of aryl methyl sites for hydroxylation is 1. The SMILES string of the molecule is COc1cccc(OCCOc2ccc(/C=C3/C(=N)N4N=C(c5ccc(C)cc5)SC4=NC3=O)cc2)c1. The number of hydrogen-bond acceptors (Lipinski definition) is 7. The van der Waals surface area contributed by atoms with E-state index in [1.165, 1.54) is 16.8 Å². The minimum Gasteiger partial charge on any atom is -0.497 e. The summed E-state index contributed by atoms with van der Waals surface area (Å²) >= 11 is 1.29. The number of methoxy groups -OCH3 is 1. The Morgan fingerprint density at radius 3 is 2.38 bits per heavy atom. The van der Waals surface area contributed by atoms with E-state index < -0.39 is 5.91 Å². The number of fused-ring (bicyclic) bond motifs is 1. The first-order valence-electron chi connectivity index (χ1n) is 11.6. The summed E-state index contributed by atoms with van der Waals surface area (Å²) in [6, 6.07) is 22.6. The fourth-order valence-corrected chi connectivity index (χ4v) is 4.54. The summed E-state index contributed by atoms with van der Waals surface area (Å²) in [6.45, 7) is 2.76. The lowest BCUT2D eigenvalue weighted by Crippen LogP contribution is -2.35. The number of rotatable bonds is 8. The fraction of sp³-hybridized carbons (Fsp3) is 0.143. The number of hydrogen-bond donors (Lipinski definition) is 1. The number of hydrazone groups is 1. The molecule has 0 aromatic heterocycles. The van der Waals surface area contributed by atoms with E-state index in [4.69, 9.17) is 19.6 Å². The van der Waals surface area contributed by atoms with E-state index in [0.29, 0.717) is 34.9 Å². The van der Waals surface area contributed by atoms with Crippen molar-refractivity contribution in [2.24, 2.45) is 10.1 Å². The molecule has 0 bridgehead atoms. The molecule has 0 spiro atoms. The third-order valence-electron chi connectivity index (χ3n) is 5.61. The summed E-state index contributed by atoms with van der Waals surface area (Å²) < 4.78 is 16.6. The highest BCUT2D eigenvalue weighted by molar-refractivity contribution is 8.27. The van der Waals surface area contributed by atoms with Gasteiger partial charge in [-0.15, -0.1) is 0 Å². The van der Waals surface area contributed by atoms with Gasteiger partial charge in [0.1, 0.15) is 35.5 Å². The Hall–Kier alpha value is -4.37. The Balaban J connectivity index is 1.21. The van der Waals surface area contributed by atoms with Gasteiger partial charge in [-0.05, 0) is 54.6 Å². The molecule has 3 aromatic rings. The van der Waals surface area contributed by atoms with Crippen LogP contribution in [0.25, 0.3) is 6.08 Å². The summed E-state index contributed by atoms with van der Waals surface area (Å²) in [5.74, 6) is 1.66. The zero-order valence-corrected chi connectivity index (χ0v) is 21.1. The van der Waals surface area contributed by atoms with E-state index in [1.54, 1.807) is 13.2 Å². The largest absolute Gasteiger partial charge is 0.497 e. The van der Waals surface area contributed by atoms with Crippen LogP contribution in [0.1, 0.15) is 16.7 Å². The van der Waals surface area contributed by atoms with Crippen LogP contribution >= 0.6 is 11.8 Å². The van der Waals surface area contributed by atoms with Gasteiger partial charge in [0.15, 0.2) is 5.84 Å². The Morgan fingerprint density at radius 1 is 0.946 bits per heavy atom. The molecule has 8 nitrogen and oxygen atoms in total. The van der Waals surface area contributed by atoms with Crippen molar-refractivity contribution in [3.63, 3.8) is 0 Å². The lowest BCUT2D eigenvalue weighted by molar-refractivity contribution is -0.114. The van der Waals surface area contributed by atoms with Crippen molar-refractivity contribution in [2.45, 2.75) is 6.92 Å². The zero-order valence-electron chi connectivity index (χ0n) is 20.3. The van der Waals surface area contributed by atoms with Crippen LogP contribution in [0.4, 0.5) is 0 Å². The zero-order chi connectivity index (χ0) is 25.8. The lowest BCUT2D eigenvalue weighted by atomic mass is 10.1. The maximum Gasteiger partial charge on any atom is 0.283 e. The first-order chi connectivity index (χ1) is 18.0. The van der Waals surface area contributed by atoms with Gasteiger partial charge in [-0.2, -0.15) is 15.1 Å². The van der Waals surface area contributed by atoms with Gasteiger partial charge in [0, 0.05) is 11.6 Å². The van der Waals surface area contributed by atoms with Crippen LogP contribution in [0, 0.1) is 12.3 Å². The Kier molecular flexibility index (Phi) is 7.04. The van der Waals surface area contributed by atoms with Crippen LogP contribution < -0.4 is 14.2 Å². The summed E-state index contributed by atoms with van der Waals surface area (Å²) in [4.78, 5) is 16.9. The number of carbonyl (C=O) groups is 1. The molecule has 37 heavy (non-hydrogen) atoms. The molecule has 0 aliphatic carbocycles. The number of aliphatic imine (C=N–C) groups is 1. The van der Waals surface area contributed by atoms with Crippen molar-refractivity contribution in [3.8, 4) is 17.2 Å². The first-order valence-corrected chi connectivity index (χ1v) is 12.4. The number of amidine groups is 2. The molecule has 1 amide bonds. The molecule has 0 saturated carbocycles. The molecule has 3 aromatic carbocycles. The first kappa shape index (κ1) is 24.3. The predicted octanol–water partition coefficient (Wildman–Crippen LogP) is 5.13. The molecule has 2 aliphatic heterocycles. The average Bonchev–Trinajstić information content (AvgIpc) is 3.34. The van der Waals surface area contributed by atoms with Gasteiger partial charge in [0.25, 0.3) is 5.91 Å². The molecule has 9 heteroatoms. The number of carbonyl (C=O) groups excluding carboxylic acids is 1. The number of benzene rings is 3. The summed E-state index contributed by atoms with van der Waals surface area (Å²) in [5.41, 5.74) is 3.00. The quantitative estimate of drug-likeness (QED) is 0.332. The van der Waals surface area contributed by atoms with Gasteiger partial charge in [0.05, 0.1) is 12.7 Å². The Bertz CT molecular complexity index is 1430. The van der Waals surface area contributed by atoms with Gasteiger partial charge in [0.2, 0.25) is 5.17 Å². The second kappa shape index (κ2) is 10.7. The summed E-state index contributed by atoms with van der Waals surface area (Å²) in [5, 5.41) is 15.6. The number of nitrogens with one attached hydrogen (secondary N) is 1. The van der Waals surface area contributed by atoms with Crippen LogP contribution in [0.3, 0.4) is 0 Å². The van der Waals surface area contributed by atoms with Crippen molar-refractivity contribution in [1.82, 2.24) is 5.01 Å². The van der Waals surface area contributed by atoms with Gasteiger partial charge < -0.3 is 14.2 Å².